The standard InChI is InChI=1S/C18H23N3O3/c1-5-13-8-9-14(19-11-13)16-20-18(4,12(2)3)17(24)21(16)10-6-7-15(22)23/h6-9,11-12H,5,10H2,1-4H3,(H,22,23). The van der Waals surface area contributed by atoms with Gasteiger partial charge in [0.1, 0.15) is 11.2 Å². The van der Waals surface area contributed by atoms with Crippen LogP contribution in [0.2, 0.25) is 0 Å². The molecule has 0 fully saturated rings. The largest absolute Gasteiger partial charge is 0.478 e. The number of carbonyl (C=O) groups is 2. The van der Waals surface area contributed by atoms with Crippen LogP contribution in [0.1, 0.15) is 39.0 Å². The first-order chi connectivity index (χ1) is 11.3. The average molecular weight is 329 g/mol. The van der Waals surface area contributed by atoms with Gasteiger partial charge in [0.15, 0.2) is 5.84 Å². The number of carboxylic acids is 1. The fraction of sp³-hybridized carbons (Fsp3) is 0.444. The van der Waals surface area contributed by atoms with Crippen molar-refractivity contribution in [2.24, 2.45) is 10.9 Å². The number of aliphatic imine (C=N–C) groups is 1. The first kappa shape index (κ1) is 17.8. The summed E-state index contributed by atoms with van der Waals surface area (Å²) in [5.74, 6) is -0.668. The normalized spacial score (nSPS) is 21.0. The highest BCUT2D eigenvalue weighted by atomic mass is 16.4. The molecule has 1 aromatic rings. The van der Waals surface area contributed by atoms with Crippen LogP contribution in [-0.4, -0.2) is 44.8 Å². The molecular weight excluding hydrogens is 306 g/mol. The Hall–Kier alpha value is -2.50. The molecule has 0 aliphatic carbocycles. The zero-order valence-corrected chi connectivity index (χ0v) is 14.5. The highest BCUT2D eigenvalue weighted by Crippen LogP contribution is 2.31. The molecule has 2 rings (SSSR count). The second-order valence-corrected chi connectivity index (χ2v) is 6.30. The van der Waals surface area contributed by atoms with Crippen molar-refractivity contribution in [3.05, 3.63) is 41.7 Å². The lowest BCUT2D eigenvalue weighted by atomic mass is 9.89. The van der Waals surface area contributed by atoms with Gasteiger partial charge in [-0.05, 0) is 30.9 Å². The first-order valence-corrected chi connectivity index (χ1v) is 8.06. The topological polar surface area (TPSA) is 82.9 Å². The molecule has 6 heteroatoms. The Morgan fingerprint density at radius 2 is 2.12 bits per heavy atom. The Morgan fingerprint density at radius 3 is 2.62 bits per heavy atom. The Kier molecular flexibility index (Phi) is 5.17. The van der Waals surface area contributed by atoms with Crippen LogP contribution in [0.4, 0.5) is 0 Å². The third-order valence-corrected chi connectivity index (χ3v) is 4.41. The van der Waals surface area contributed by atoms with Gasteiger partial charge in [-0.25, -0.2) is 9.79 Å². The summed E-state index contributed by atoms with van der Waals surface area (Å²) in [4.78, 5) is 34.1. The van der Waals surface area contributed by atoms with Gasteiger partial charge in [0, 0.05) is 18.8 Å². The van der Waals surface area contributed by atoms with Crippen LogP contribution in [0.5, 0.6) is 0 Å². The van der Waals surface area contributed by atoms with Gasteiger partial charge in [-0.2, -0.15) is 0 Å². The zero-order valence-electron chi connectivity index (χ0n) is 14.5. The van der Waals surface area contributed by atoms with Crippen LogP contribution < -0.4 is 0 Å². The van der Waals surface area contributed by atoms with Crippen LogP contribution in [0.15, 0.2) is 35.5 Å². The molecule has 0 saturated heterocycles. The quantitative estimate of drug-likeness (QED) is 0.812. The Labute approximate surface area is 141 Å². The van der Waals surface area contributed by atoms with Gasteiger partial charge in [0.2, 0.25) is 0 Å². The van der Waals surface area contributed by atoms with Crippen LogP contribution in [0, 0.1) is 5.92 Å². The number of rotatable bonds is 6. The van der Waals surface area contributed by atoms with E-state index in [-0.39, 0.29) is 18.4 Å². The molecular formula is C18H23N3O3. The summed E-state index contributed by atoms with van der Waals surface area (Å²) in [5, 5.41) is 8.75. The van der Waals surface area contributed by atoms with Crippen LogP contribution in [0.3, 0.4) is 0 Å². The molecule has 1 unspecified atom stereocenters. The number of carboxylic acid groups (broad SMARTS) is 1. The fourth-order valence-corrected chi connectivity index (χ4v) is 2.46. The van der Waals surface area contributed by atoms with Crippen molar-refractivity contribution >= 4 is 17.7 Å². The second kappa shape index (κ2) is 6.95. The van der Waals surface area contributed by atoms with E-state index in [9.17, 15) is 9.59 Å². The predicted molar refractivity (Wildman–Crippen MR) is 91.9 cm³/mol. The Balaban J connectivity index is 2.40. The number of amides is 1. The molecule has 2 heterocycles. The number of aryl methyl sites for hydroxylation is 1. The first-order valence-electron chi connectivity index (χ1n) is 8.06. The SMILES string of the molecule is CCc1ccc(C2=NC(C)(C(C)C)C(=O)N2CC=CC(=O)O)nc1. The molecule has 0 saturated carbocycles. The van der Waals surface area contributed by atoms with Crippen molar-refractivity contribution in [1.29, 1.82) is 0 Å². The van der Waals surface area contributed by atoms with Crippen molar-refractivity contribution in [2.45, 2.75) is 39.7 Å². The van der Waals surface area contributed by atoms with Gasteiger partial charge in [-0.3, -0.25) is 14.7 Å². The maximum Gasteiger partial charge on any atom is 0.328 e. The summed E-state index contributed by atoms with van der Waals surface area (Å²) < 4.78 is 0. The second-order valence-electron chi connectivity index (χ2n) is 6.30. The molecule has 128 valence electrons. The molecule has 24 heavy (non-hydrogen) atoms. The molecule has 1 aliphatic rings. The monoisotopic (exact) mass is 329 g/mol. The van der Waals surface area contributed by atoms with Crippen molar-refractivity contribution in [1.82, 2.24) is 9.88 Å². The lowest BCUT2D eigenvalue weighted by molar-refractivity contribution is -0.132. The summed E-state index contributed by atoms with van der Waals surface area (Å²) in [6, 6.07) is 3.82. The van der Waals surface area contributed by atoms with E-state index in [0.29, 0.717) is 11.5 Å². The maximum absolute atomic E-state index is 12.9. The summed E-state index contributed by atoms with van der Waals surface area (Å²) in [7, 11) is 0. The third-order valence-electron chi connectivity index (χ3n) is 4.41. The highest BCUT2D eigenvalue weighted by Gasteiger charge is 2.46. The number of carbonyl (C=O) groups excluding carboxylic acids is 1. The van der Waals surface area contributed by atoms with E-state index in [1.807, 2.05) is 32.9 Å². The summed E-state index contributed by atoms with van der Waals surface area (Å²) in [6.07, 6.45) is 5.14. The number of hydrogen-bond acceptors (Lipinski definition) is 4. The van der Waals surface area contributed by atoms with Crippen LogP contribution in [-0.2, 0) is 16.0 Å². The van der Waals surface area contributed by atoms with Crippen molar-refractivity contribution < 1.29 is 14.7 Å². The minimum Gasteiger partial charge on any atom is -0.478 e. The number of nitrogens with zero attached hydrogens (tertiary/aromatic N) is 3. The number of pyridine rings is 1. The zero-order chi connectivity index (χ0) is 17.9. The van der Waals surface area contributed by atoms with Gasteiger partial charge >= 0.3 is 5.97 Å². The van der Waals surface area contributed by atoms with E-state index in [1.165, 1.54) is 11.0 Å². The van der Waals surface area contributed by atoms with E-state index in [2.05, 4.69) is 9.98 Å². The van der Waals surface area contributed by atoms with Crippen molar-refractivity contribution in [2.75, 3.05) is 6.54 Å². The molecule has 1 N–H and O–H groups in total. The van der Waals surface area contributed by atoms with Crippen molar-refractivity contribution in [3.63, 3.8) is 0 Å². The van der Waals surface area contributed by atoms with E-state index in [4.69, 9.17) is 5.11 Å². The summed E-state index contributed by atoms with van der Waals surface area (Å²) in [6.45, 7) is 7.91. The van der Waals surface area contributed by atoms with Crippen LogP contribution in [0.25, 0.3) is 0 Å². The number of aliphatic carboxylic acids is 1. The molecule has 1 aliphatic heterocycles. The number of hydrogen-bond donors (Lipinski definition) is 1. The molecule has 1 aromatic heterocycles. The summed E-state index contributed by atoms with van der Waals surface area (Å²) in [5.41, 5.74) is 0.860. The molecule has 0 bridgehead atoms. The van der Waals surface area contributed by atoms with E-state index >= 15 is 0 Å². The maximum atomic E-state index is 12.9. The van der Waals surface area contributed by atoms with Gasteiger partial charge in [0.05, 0.1) is 0 Å². The van der Waals surface area contributed by atoms with Gasteiger partial charge in [-0.1, -0.05) is 32.9 Å². The van der Waals surface area contributed by atoms with Crippen LogP contribution >= 0.6 is 0 Å². The molecule has 1 atom stereocenters. The van der Waals surface area contributed by atoms with Gasteiger partial charge in [-0.15, -0.1) is 0 Å². The summed E-state index contributed by atoms with van der Waals surface area (Å²) >= 11 is 0. The smallest absolute Gasteiger partial charge is 0.328 e. The molecule has 1 amide bonds. The van der Waals surface area contributed by atoms with E-state index in [0.717, 1.165) is 18.1 Å². The Morgan fingerprint density at radius 1 is 1.42 bits per heavy atom. The van der Waals surface area contributed by atoms with Gasteiger partial charge < -0.3 is 5.11 Å². The molecule has 0 aromatic carbocycles. The minimum atomic E-state index is -1.04. The minimum absolute atomic E-state index is 0.0170. The van der Waals surface area contributed by atoms with Crippen molar-refractivity contribution in [3.8, 4) is 0 Å². The van der Waals surface area contributed by atoms with Gasteiger partial charge in [0.25, 0.3) is 5.91 Å². The lowest BCUT2D eigenvalue weighted by Gasteiger charge is -2.25. The van der Waals surface area contributed by atoms with E-state index in [1.54, 1.807) is 13.1 Å². The number of aromatic nitrogens is 1. The number of amidine groups is 1. The fourth-order valence-electron chi connectivity index (χ4n) is 2.46. The van der Waals surface area contributed by atoms with E-state index < -0.39 is 11.5 Å². The Bertz CT molecular complexity index is 692. The lowest BCUT2D eigenvalue weighted by Crippen LogP contribution is -2.44. The molecule has 6 nitrogen and oxygen atoms in total. The predicted octanol–water partition coefficient (Wildman–Crippen LogP) is 2.29. The molecule has 0 radical (unpaired) electrons. The highest BCUT2D eigenvalue weighted by molar-refractivity contribution is 6.14. The third kappa shape index (κ3) is 3.37. The molecule has 0 spiro atoms. The average Bonchev–Trinajstić information content (AvgIpc) is 2.81.